The number of nitrogens with one attached hydrogen (secondary N) is 1. The van der Waals surface area contributed by atoms with E-state index < -0.39 is 17.6 Å². The number of halogens is 4. The molecule has 0 aliphatic heterocycles. The standard InChI is InChI=1S/C17H11BrF3NO2/c18-13-6-4-11(5-7-13)15(23)8-9-16(24)22-14-3-1-2-12(10-14)17(19,20)21/h1-10H,(H,22,24)/b9-8+. The Bertz CT molecular complexity index is 783. The van der Waals surface area contributed by atoms with Gasteiger partial charge in [-0.1, -0.05) is 22.0 Å². The number of hydrogen-bond donors (Lipinski definition) is 1. The second-order valence-electron chi connectivity index (χ2n) is 4.77. The van der Waals surface area contributed by atoms with Crippen LogP contribution in [0.4, 0.5) is 18.9 Å². The minimum Gasteiger partial charge on any atom is -0.322 e. The van der Waals surface area contributed by atoms with Gasteiger partial charge in [0.15, 0.2) is 5.78 Å². The highest BCUT2D eigenvalue weighted by Gasteiger charge is 2.30. The minimum atomic E-state index is -4.49. The zero-order chi connectivity index (χ0) is 17.7. The summed E-state index contributed by atoms with van der Waals surface area (Å²) in [4.78, 5) is 23.6. The van der Waals surface area contributed by atoms with Crippen molar-refractivity contribution in [2.24, 2.45) is 0 Å². The maximum atomic E-state index is 12.6. The molecule has 0 bridgehead atoms. The van der Waals surface area contributed by atoms with Crippen molar-refractivity contribution < 1.29 is 22.8 Å². The lowest BCUT2D eigenvalue weighted by molar-refractivity contribution is -0.137. The number of carbonyl (C=O) groups is 2. The normalized spacial score (nSPS) is 11.5. The first-order valence-corrected chi connectivity index (χ1v) is 7.51. The number of anilines is 1. The fraction of sp³-hybridized carbons (Fsp3) is 0.0588. The highest BCUT2D eigenvalue weighted by molar-refractivity contribution is 9.10. The molecule has 1 N–H and O–H groups in total. The first kappa shape index (κ1) is 17.9. The number of ketones is 1. The van der Waals surface area contributed by atoms with Crippen LogP contribution in [0, 0.1) is 0 Å². The van der Waals surface area contributed by atoms with E-state index in [0.717, 1.165) is 28.8 Å². The van der Waals surface area contributed by atoms with E-state index in [0.29, 0.717) is 5.56 Å². The van der Waals surface area contributed by atoms with Crippen LogP contribution in [0.5, 0.6) is 0 Å². The van der Waals surface area contributed by atoms with E-state index in [4.69, 9.17) is 0 Å². The summed E-state index contributed by atoms with van der Waals surface area (Å²) >= 11 is 3.24. The summed E-state index contributed by atoms with van der Waals surface area (Å²) in [5, 5.41) is 2.28. The Hall–Kier alpha value is -2.41. The molecule has 0 aliphatic rings. The third kappa shape index (κ3) is 5.06. The lowest BCUT2D eigenvalue weighted by atomic mass is 10.1. The van der Waals surface area contributed by atoms with Crippen molar-refractivity contribution in [1.82, 2.24) is 0 Å². The van der Waals surface area contributed by atoms with Crippen LogP contribution in [-0.4, -0.2) is 11.7 Å². The van der Waals surface area contributed by atoms with Crippen molar-refractivity contribution >= 4 is 33.3 Å². The second kappa shape index (κ2) is 7.44. The monoisotopic (exact) mass is 397 g/mol. The molecule has 0 heterocycles. The maximum Gasteiger partial charge on any atom is 0.416 e. The summed E-state index contributed by atoms with van der Waals surface area (Å²) in [5.74, 6) is -1.08. The van der Waals surface area contributed by atoms with Crippen molar-refractivity contribution in [3.05, 3.63) is 76.3 Å². The smallest absolute Gasteiger partial charge is 0.322 e. The molecule has 3 nitrogen and oxygen atoms in total. The van der Waals surface area contributed by atoms with Gasteiger partial charge in [-0.2, -0.15) is 13.2 Å². The second-order valence-corrected chi connectivity index (χ2v) is 5.69. The molecule has 124 valence electrons. The predicted octanol–water partition coefficient (Wildman–Crippen LogP) is 4.85. The first-order chi connectivity index (χ1) is 11.3. The maximum absolute atomic E-state index is 12.6. The van der Waals surface area contributed by atoms with Crippen molar-refractivity contribution in [1.29, 1.82) is 0 Å². The Labute approximate surface area is 144 Å². The Balaban J connectivity index is 2.03. The van der Waals surface area contributed by atoms with Gasteiger partial charge >= 0.3 is 6.18 Å². The number of carbonyl (C=O) groups excluding carboxylic acids is 2. The van der Waals surface area contributed by atoms with Crippen molar-refractivity contribution in [3.8, 4) is 0 Å². The molecule has 0 aliphatic carbocycles. The lowest BCUT2D eigenvalue weighted by Crippen LogP contribution is -2.11. The van der Waals surface area contributed by atoms with Crippen LogP contribution in [-0.2, 0) is 11.0 Å². The van der Waals surface area contributed by atoms with Crippen molar-refractivity contribution in [2.45, 2.75) is 6.18 Å². The van der Waals surface area contributed by atoms with E-state index in [2.05, 4.69) is 21.2 Å². The number of amides is 1. The summed E-state index contributed by atoms with van der Waals surface area (Å²) in [6.45, 7) is 0. The Morgan fingerprint density at radius 3 is 2.29 bits per heavy atom. The third-order valence-electron chi connectivity index (χ3n) is 2.97. The molecule has 1 amide bonds. The van der Waals surface area contributed by atoms with Gasteiger partial charge in [0.2, 0.25) is 5.91 Å². The number of benzene rings is 2. The van der Waals surface area contributed by atoms with Gasteiger partial charge in [-0.3, -0.25) is 9.59 Å². The number of rotatable bonds is 4. The fourth-order valence-electron chi connectivity index (χ4n) is 1.82. The molecule has 2 aromatic carbocycles. The number of hydrogen-bond acceptors (Lipinski definition) is 2. The van der Waals surface area contributed by atoms with Gasteiger partial charge in [-0.25, -0.2) is 0 Å². The van der Waals surface area contributed by atoms with Gasteiger partial charge in [-0.15, -0.1) is 0 Å². The SMILES string of the molecule is O=C(/C=C/C(=O)c1ccc(Br)cc1)Nc1cccc(C(F)(F)F)c1. The molecule has 2 aromatic rings. The van der Waals surface area contributed by atoms with Crippen LogP contribution in [0.2, 0.25) is 0 Å². The van der Waals surface area contributed by atoms with E-state index in [1.54, 1.807) is 24.3 Å². The Morgan fingerprint density at radius 1 is 1.00 bits per heavy atom. The van der Waals surface area contributed by atoms with E-state index >= 15 is 0 Å². The molecule has 0 fully saturated rings. The summed E-state index contributed by atoms with van der Waals surface area (Å²) in [7, 11) is 0. The first-order valence-electron chi connectivity index (χ1n) is 6.72. The summed E-state index contributed by atoms with van der Waals surface area (Å²) in [6, 6.07) is 10.8. The zero-order valence-corrected chi connectivity index (χ0v) is 13.7. The van der Waals surface area contributed by atoms with Gasteiger partial charge in [0.1, 0.15) is 0 Å². The molecule has 0 aromatic heterocycles. The number of alkyl halides is 3. The minimum absolute atomic E-state index is 0.00411. The molecule has 2 rings (SSSR count). The van der Waals surface area contributed by atoms with Crippen LogP contribution < -0.4 is 5.32 Å². The highest BCUT2D eigenvalue weighted by Crippen LogP contribution is 2.30. The van der Waals surface area contributed by atoms with Crippen LogP contribution in [0.25, 0.3) is 0 Å². The van der Waals surface area contributed by atoms with E-state index in [9.17, 15) is 22.8 Å². The number of allylic oxidation sites excluding steroid dienone is 1. The molecule has 0 atom stereocenters. The van der Waals surface area contributed by atoms with Gasteiger partial charge in [0.05, 0.1) is 5.56 Å². The zero-order valence-electron chi connectivity index (χ0n) is 12.1. The van der Waals surface area contributed by atoms with Crippen molar-refractivity contribution in [2.75, 3.05) is 5.32 Å². The fourth-order valence-corrected chi connectivity index (χ4v) is 2.08. The summed E-state index contributed by atoms with van der Waals surface area (Å²) in [6.07, 6.45) is -2.45. The van der Waals surface area contributed by atoms with E-state index in [-0.39, 0.29) is 11.5 Å². The van der Waals surface area contributed by atoms with Gasteiger partial charge in [0, 0.05) is 21.8 Å². The van der Waals surface area contributed by atoms with Crippen LogP contribution in [0.1, 0.15) is 15.9 Å². The summed E-state index contributed by atoms with van der Waals surface area (Å²) < 4.78 is 38.6. The van der Waals surface area contributed by atoms with Crippen LogP contribution in [0.15, 0.2) is 65.2 Å². The molecule has 0 saturated heterocycles. The van der Waals surface area contributed by atoms with Crippen LogP contribution in [0.3, 0.4) is 0 Å². The topological polar surface area (TPSA) is 46.2 Å². The molecule has 0 spiro atoms. The average molecular weight is 398 g/mol. The molecule has 7 heteroatoms. The molecule has 24 heavy (non-hydrogen) atoms. The molecular formula is C17H11BrF3NO2. The molecule has 0 radical (unpaired) electrons. The molecule has 0 unspecified atom stereocenters. The average Bonchev–Trinajstić information content (AvgIpc) is 2.53. The van der Waals surface area contributed by atoms with E-state index in [1.165, 1.54) is 12.1 Å². The van der Waals surface area contributed by atoms with Gasteiger partial charge in [0.25, 0.3) is 0 Å². The quantitative estimate of drug-likeness (QED) is 0.592. The van der Waals surface area contributed by atoms with Gasteiger partial charge < -0.3 is 5.32 Å². The lowest BCUT2D eigenvalue weighted by Gasteiger charge is -2.08. The molecule has 0 saturated carbocycles. The van der Waals surface area contributed by atoms with Crippen LogP contribution >= 0.6 is 15.9 Å². The van der Waals surface area contributed by atoms with Gasteiger partial charge in [-0.05, 0) is 48.5 Å². The third-order valence-corrected chi connectivity index (χ3v) is 3.50. The predicted molar refractivity (Wildman–Crippen MR) is 87.7 cm³/mol. The van der Waals surface area contributed by atoms with Crippen molar-refractivity contribution in [3.63, 3.8) is 0 Å². The molecular weight excluding hydrogens is 387 g/mol. The van der Waals surface area contributed by atoms with E-state index in [1.807, 2.05) is 0 Å². The Morgan fingerprint density at radius 2 is 1.67 bits per heavy atom. The Kier molecular flexibility index (Phi) is 5.56. The highest BCUT2D eigenvalue weighted by atomic mass is 79.9. The largest absolute Gasteiger partial charge is 0.416 e. The summed E-state index contributed by atoms with van der Waals surface area (Å²) in [5.41, 5.74) is -0.480.